The van der Waals surface area contributed by atoms with Gasteiger partial charge in [0.15, 0.2) is 0 Å². The van der Waals surface area contributed by atoms with Gasteiger partial charge in [-0.25, -0.2) is 9.97 Å². The highest BCUT2D eigenvalue weighted by atomic mass is 35.5. The molecular formula is C27H29Cl2N3O. The molecule has 0 aliphatic carbocycles. The maximum atomic E-state index is 6.75. The molecule has 2 aromatic heterocycles. The number of ether oxygens (including phenoxy) is 1. The van der Waals surface area contributed by atoms with Gasteiger partial charge in [0.2, 0.25) is 0 Å². The van der Waals surface area contributed by atoms with Crippen LogP contribution in [-0.2, 0) is 13.0 Å². The summed E-state index contributed by atoms with van der Waals surface area (Å²) in [4.78, 5) is 8.86. The Bertz CT molecular complexity index is 1280. The Balaban J connectivity index is 1.62. The Morgan fingerprint density at radius 2 is 1.61 bits per heavy atom. The number of rotatable bonds is 7. The lowest BCUT2D eigenvalue weighted by molar-refractivity contribution is 0.311. The predicted octanol–water partition coefficient (Wildman–Crippen LogP) is 7.67. The number of halogens is 2. The van der Waals surface area contributed by atoms with Gasteiger partial charge in [-0.05, 0) is 82.3 Å². The van der Waals surface area contributed by atoms with E-state index in [0.717, 1.165) is 74.3 Å². The number of aryl methyl sites for hydroxylation is 6. The first kappa shape index (κ1) is 23.6. The first-order chi connectivity index (χ1) is 15.8. The summed E-state index contributed by atoms with van der Waals surface area (Å²) in [5.74, 6) is 0.870. The lowest BCUT2D eigenvalue weighted by atomic mass is 9.98. The highest BCUT2D eigenvalue weighted by Gasteiger charge is 2.19. The summed E-state index contributed by atoms with van der Waals surface area (Å²) in [6.07, 6.45) is 5.68. The fraction of sp³-hybridized carbons (Fsp3) is 0.333. The van der Waals surface area contributed by atoms with Crippen molar-refractivity contribution >= 4 is 34.1 Å². The molecule has 0 spiro atoms. The molecule has 0 unspecified atom stereocenters. The van der Waals surface area contributed by atoms with Crippen molar-refractivity contribution in [1.82, 2.24) is 14.5 Å². The maximum absolute atomic E-state index is 6.75. The third-order valence-electron chi connectivity index (χ3n) is 6.16. The van der Waals surface area contributed by atoms with Crippen molar-refractivity contribution in [2.75, 3.05) is 6.61 Å². The van der Waals surface area contributed by atoms with Crippen molar-refractivity contribution < 1.29 is 4.74 Å². The lowest BCUT2D eigenvalue weighted by Crippen LogP contribution is -2.00. The smallest absolute Gasteiger partial charge is 0.119 e. The number of nitrogens with zero attached hydrogens (tertiary/aromatic N) is 3. The van der Waals surface area contributed by atoms with Crippen LogP contribution < -0.4 is 4.74 Å². The van der Waals surface area contributed by atoms with Crippen molar-refractivity contribution in [2.24, 2.45) is 0 Å². The van der Waals surface area contributed by atoms with E-state index in [-0.39, 0.29) is 0 Å². The molecule has 4 aromatic rings. The molecule has 0 saturated carbocycles. The summed E-state index contributed by atoms with van der Waals surface area (Å²) < 4.78 is 8.31. The van der Waals surface area contributed by atoms with E-state index in [0.29, 0.717) is 6.61 Å². The first-order valence-corrected chi connectivity index (χ1v) is 12.1. The predicted molar refractivity (Wildman–Crippen MR) is 138 cm³/mol. The molecule has 2 aromatic carbocycles. The number of fused-ring (bicyclic) bond motifs is 1. The standard InChI is InChI=1S/C27H29Cl2N3O/c1-6-32-14-20(8-7-11-33-21-12-16(2)26(29)17(3)13-21)22-9-10-23(28)25(27(22)32)24-18(4)30-15-31-19(24)5/h9-10,12-15H,6-8,11H2,1-5H3. The van der Waals surface area contributed by atoms with Crippen LogP contribution in [0.4, 0.5) is 0 Å². The van der Waals surface area contributed by atoms with Crippen LogP contribution in [0.25, 0.3) is 22.0 Å². The minimum atomic E-state index is 0.643. The SMILES string of the molecule is CCn1cc(CCCOc2cc(C)c(Cl)c(C)c2)c2ccc(Cl)c(-c3c(C)ncnc3C)c21. The molecule has 0 aliphatic rings. The quantitative estimate of drug-likeness (QED) is 0.254. The number of aromatic nitrogens is 3. The van der Waals surface area contributed by atoms with Crippen LogP contribution in [0.3, 0.4) is 0 Å². The van der Waals surface area contributed by atoms with Gasteiger partial charge in [-0.15, -0.1) is 0 Å². The zero-order valence-electron chi connectivity index (χ0n) is 19.8. The van der Waals surface area contributed by atoms with Crippen LogP contribution in [0.2, 0.25) is 10.0 Å². The molecule has 0 aliphatic heterocycles. The summed E-state index contributed by atoms with van der Waals surface area (Å²) in [6, 6.07) is 8.12. The van der Waals surface area contributed by atoms with Crippen molar-refractivity contribution in [1.29, 1.82) is 0 Å². The zero-order chi connectivity index (χ0) is 23.7. The Hall–Kier alpha value is -2.56. The first-order valence-electron chi connectivity index (χ1n) is 11.3. The molecule has 0 fully saturated rings. The molecule has 2 heterocycles. The van der Waals surface area contributed by atoms with Crippen LogP contribution in [0.1, 0.15) is 41.4 Å². The molecule has 0 saturated heterocycles. The summed E-state index contributed by atoms with van der Waals surface area (Å²) in [5.41, 5.74) is 8.42. The van der Waals surface area contributed by atoms with Crippen LogP contribution >= 0.6 is 23.2 Å². The summed E-state index contributed by atoms with van der Waals surface area (Å²) >= 11 is 13.0. The highest BCUT2D eigenvalue weighted by molar-refractivity contribution is 6.35. The zero-order valence-corrected chi connectivity index (χ0v) is 21.3. The minimum Gasteiger partial charge on any atom is -0.494 e. The van der Waals surface area contributed by atoms with Gasteiger partial charge >= 0.3 is 0 Å². The molecule has 0 amide bonds. The van der Waals surface area contributed by atoms with Gasteiger partial charge < -0.3 is 9.30 Å². The number of hydrogen-bond acceptors (Lipinski definition) is 3. The molecule has 172 valence electrons. The largest absolute Gasteiger partial charge is 0.494 e. The average molecular weight is 482 g/mol. The van der Waals surface area contributed by atoms with E-state index in [1.165, 1.54) is 10.9 Å². The van der Waals surface area contributed by atoms with E-state index in [1.54, 1.807) is 6.33 Å². The van der Waals surface area contributed by atoms with Gasteiger partial charge in [0.1, 0.15) is 12.1 Å². The average Bonchev–Trinajstić information content (AvgIpc) is 3.14. The van der Waals surface area contributed by atoms with E-state index in [2.05, 4.69) is 33.7 Å². The van der Waals surface area contributed by atoms with Crippen LogP contribution in [-0.4, -0.2) is 21.1 Å². The molecule has 4 nitrogen and oxygen atoms in total. The van der Waals surface area contributed by atoms with Gasteiger partial charge in [0.25, 0.3) is 0 Å². The third kappa shape index (κ3) is 4.60. The summed E-state index contributed by atoms with van der Waals surface area (Å²) in [6.45, 7) is 11.7. The molecule has 0 N–H and O–H groups in total. The molecule has 0 atom stereocenters. The van der Waals surface area contributed by atoms with Crippen molar-refractivity contribution in [3.8, 4) is 16.9 Å². The van der Waals surface area contributed by atoms with E-state index < -0.39 is 0 Å². The second-order valence-electron chi connectivity index (χ2n) is 8.50. The van der Waals surface area contributed by atoms with Crippen LogP contribution in [0.5, 0.6) is 5.75 Å². The number of benzene rings is 2. The Kier molecular flexibility index (Phi) is 6.96. The van der Waals surface area contributed by atoms with Crippen molar-refractivity contribution in [3.63, 3.8) is 0 Å². The van der Waals surface area contributed by atoms with Gasteiger partial charge in [-0.1, -0.05) is 29.3 Å². The fourth-order valence-electron chi connectivity index (χ4n) is 4.53. The van der Waals surface area contributed by atoms with E-state index in [4.69, 9.17) is 27.9 Å². The van der Waals surface area contributed by atoms with E-state index in [9.17, 15) is 0 Å². The topological polar surface area (TPSA) is 39.9 Å². The van der Waals surface area contributed by atoms with Gasteiger partial charge in [0.05, 0.1) is 17.1 Å². The normalized spacial score (nSPS) is 11.4. The van der Waals surface area contributed by atoms with Crippen LogP contribution in [0.15, 0.2) is 36.8 Å². The summed E-state index contributed by atoms with van der Waals surface area (Å²) in [5, 5.41) is 2.75. The third-order valence-corrected chi connectivity index (χ3v) is 7.07. The molecule has 6 heteroatoms. The van der Waals surface area contributed by atoms with E-state index in [1.807, 2.05) is 45.9 Å². The molecule has 33 heavy (non-hydrogen) atoms. The van der Waals surface area contributed by atoms with E-state index >= 15 is 0 Å². The monoisotopic (exact) mass is 481 g/mol. The Morgan fingerprint density at radius 1 is 0.939 bits per heavy atom. The van der Waals surface area contributed by atoms with Crippen molar-refractivity contribution in [3.05, 3.63) is 74.9 Å². The lowest BCUT2D eigenvalue weighted by Gasteiger charge is -2.14. The van der Waals surface area contributed by atoms with Gasteiger partial charge in [-0.3, -0.25) is 0 Å². The molecule has 0 bridgehead atoms. The fourth-order valence-corrected chi connectivity index (χ4v) is 4.89. The highest BCUT2D eigenvalue weighted by Crippen LogP contribution is 2.39. The minimum absolute atomic E-state index is 0.643. The maximum Gasteiger partial charge on any atom is 0.119 e. The van der Waals surface area contributed by atoms with Gasteiger partial charge in [-0.2, -0.15) is 0 Å². The van der Waals surface area contributed by atoms with Gasteiger partial charge in [0, 0.05) is 45.7 Å². The summed E-state index contributed by atoms with van der Waals surface area (Å²) in [7, 11) is 0. The number of hydrogen-bond donors (Lipinski definition) is 0. The second-order valence-corrected chi connectivity index (χ2v) is 9.29. The molecular weight excluding hydrogens is 453 g/mol. The second kappa shape index (κ2) is 9.74. The Morgan fingerprint density at radius 3 is 2.24 bits per heavy atom. The van der Waals surface area contributed by atoms with Crippen molar-refractivity contribution in [2.45, 2.75) is 54.0 Å². The molecule has 0 radical (unpaired) electrons. The van der Waals surface area contributed by atoms with Crippen LogP contribution in [0, 0.1) is 27.7 Å². The molecule has 4 rings (SSSR count). The Labute approximate surface area is 205 Å².